The van der Waals surface area contributed by atoms with Gasteiger partial charge in [0.1, 0.15) is 5.76 Å². The van der Waals surface area contributed by atoms with Crippen LogP contribution < -0.4 is 11.1 Å². The summed E-state index contributed by atoms with van der Waals surface area (Å²) in [5.41, 5.74) is 6.20. The topological polar surface area (TPSA) is 68.3 Å². The molecule has 1 heterocycles. The normalized spacial score (nSPS) is 34.4. The van der Waals surface area contributed by atoms with Crippen LogP contribution in [0.25, 0.3) is 0 Å². The fraction of sp³-hybridized carbons (Fsp3) is 0.667. The number of nitrogens with one attached hydrogen (secondary N) is 1. The van der Waals surface area contributed by atoms with Crippen molar-refractivity contribution < 1.29 is 9.21 Å². The van der Waals surface area contributed by atoms with Gasteiger partial charge in [0.25, 0.3) is 0 Å². The average molecular weight is 262 g/mol. The van der Waals surface area contributed by atoms with Crippen molar-refractivity contribution in [1.29, 1.82) is 0 Å². The molecule has 4 nitrogen and oxygen atoms in total. The fourth-order valence-electron chi connectivity index (χ4n) is 3.85. The molecule has 1 aromatic heterocycles. The van der Waals surface area contributed by atoms with E-state index in [1.54, 1.807) is 6.26 Å². The van der Waals surface area contributed by atoms with E-state index in [0.29, 0.717) is 11.8 Å². The van der Waals surface area contributed by atoms with E-state index < -0.39 is 0 Å². The highest BCUT2D eigenvalue weighted by atomic mass is 16.3. The summed E-state index contributed by atoms with van der Waals surface area (Å²) < 4.78 is 5.31. The van der Waals surface area contributed by atoms with Crippen LogP contribution in [0.1, 0.15) is 31.9 Å². The lowest BCUT2D eigenvalue weighted by Gasteiger charge is -2.28. The van der Waals surface area contributed by atoms with E-state index in [9.17, 15) is 4.79 Å². The minimum atomic E-state index is 0.0257. The molecule has 5 unspecified atom stereocenters. The van der Waals surface area contributed by atoms with Crippen LogP contribution in [0.5, 0.6) is 0 Å². The van der Waals surface area contributed by atoms with E-state index in [0.717, 1.165) is 18.6 Å². The largest absolute Gasteiger partial charge is 0.469 e. The lowest BCUT2D eigenvalue weighted by atomic mass is 9.84. The van der Waals surface area contributed by atoms with Gasteiger partial charge in [-0.1, -0.05) is 0 Å². The summed E-state index contributed by atoms with van der Waals surface area (Å²) in [6.45, 7) is 2.01. The summed E-state index contributed by atoms with van der Waals surface area (Å²) in [7, 11) is 0. The van der Waals surface area contributed by atoms with Crippen LogP contribution >= 0.6 is 0 Å². The SMILES string of the molecule is CC(Cc1ccco1)NC(=O)C1C2CCC(C2)C1N. The number of furan rings is 1. The van der Waals surface area contributed by atoms with Gasteiger partial charge in [-0.25, -0.2) is 0 Å². The molecule has 3 N–H and O–H groups in total. The smallest absolute Gasteiger partial charge is 0.225 e. The van der Waals surface area contributed by atoms with E-state index in [4.69, 9.17) is 10.2 Å². The van der Waals surface area contributed by atoms with Crippen LogP contribution in [0.3, 0.4) is 0 Å². The maximum Gasteiger partial charge on any atom is 0.225 e. The molecule has 19 heavy (non-hydrogen) atoms. The second-order valence-corrected chi connectivity index (χ2v) is 6.13. The quantitative estimate of drug-likeness (QED) is 0.867. The highest BCUT2D eigenvalue weighted by Gasteiger charge is 2.49. The van der Waals surface area contributed by atoms with Crippen LogP contribution in [0.15, 0.2) is 22.8 Å². The number of nitrogens with two attached hydrogens (primary N) is 1. The molecule has 3 rings (SSSR count). The van der Waals surface area contributed by atoms with Gasteiger partial charge in [0.2, 0.25) is 5.91 Å². The Labute approximate surface area is 113 Å². The van der Waals surface area contributed by atoms with Crippen molar-refractivity contribution in [3.8, 4) is 0 Å². The number of amides is 1. The van der Waals surface area contributed by atoms with Crippen LogP contribution in [0.4, 0.5) is 0 Å². The molecule has 2 bridgehead atoms. The number of carbonyl (C=O) groups excluding carboxylic acids is 1. The molecule has 1 aromatic rings. The summed E-state index contributed by atoms with van der Waals surface area (Å²) in [6.07, 6.45) is 5.91. The minimum Gasteiger partial charge on any atom is -0.469 e. The van der Waals surface area contributed by atoms with Crippen LogP contribution in [0, 0.1) is 17.8 Å². The predicted octanol–water partition coefficient (Wildman–Crippen LogP) is 1.70. The number of fused-ring (bicyclic) bond motifs is 2. The minimum absolute atomic E-state index is 0.0257. The highest BCUT2D eigenvalue weighted by Crippen LogP contribution is 2.47. The Balaban J connectivity index is 1.56. The number of carbonyl (C=O) groups is 1. The first-order valence-corrected chi connectivity index (χ1v) is 7.23. The number of hydrogen-bond donors (Lipinski definition) is 2. The molecule has 0 aliphatic heterocycles. The summed E-state index contributed by atoms with van der Waals surface area (Å²) >= 11 is 0. The van der Waals surface area contributed by atoms with Crippen molar-refractivity contribution in [2.75, 3.05) is 0 Å². The molecule has 1 amide bonds. The highest BCUT2D eigenvalue weighted by molar-refractivity contribution is 5.80. The van der Waals surface area contributed by atoms with Gasteiger partial charge in [-0.2, -0.15) is 0 Å². The standard InChI is InChI=1S/C15H22N2O2/c1-9(7-12-3-2-6-19-12)17-15(18)13-10-4-5-11(8-10)14(13)16/h2-3,6,9-11,13-14H,4-5,7-8,16H2,1H3,(H,17,18). The Kier molecular flexibility index (Phi) is 3.35. The molecule has 0 saturated heterocycles. The maximum absolute atomic E-state index is 12.4. The molecule has 0 radical (unpaired) electrons. The van der Waals surface area contributed by atoms with Crippen LogP contribution in [-0.2, 0) is 11.2 Å². The van der Waals surface area contributed by atoms with Gasteiger partial charge >= 0.3 is 0 Å². The maximum atomic E-state index is 12.4. The molecule has 5 atom stereocenters. The van der Waals surface area contributed by atoms with E-state index in [-0.39, 0.29) is 23.9 Å². The Morgan fingerprint density at radius 1 is 1.53 bits per heavy atom. The third-order valence-corrected chi connectivity index (χ3v) is 4.76. The van der Waals surface area contributed by atoms with Crippen molar-refractivity contribution in [2.45, 2.75) is 44.7 Å². The summed E-state index contributed by atoms with van der Waals surface area (Å²) in [4.78, 5) is 12.4. The molecule has 2 fully saturated rings. The molecule has 2 aliphatic rings. The van der Waals surface area contributed by atoms with Gasteiger partial charge in [-0.15, -0.1) is 0 Å². The fourth-order valence-corrected chi connectivity index (χ4v) is 3.85. The van der Waals surface area contributed by atoms with Crippen molar-refractivity contribution in [1.82, 2.24) is 5.32 Å². The Bertz CT molecular complexity index is 441. The summed E-state index contributed by atoms with van der Waals surface area (Å²) in [5, 5.41) is 3.10. The van der Waals surface area contributed by atoms with E-state index >= 15 is 0 Å². The first-order valence-electron chi connectivity index (χ1n) is 7.23. The zero-order valence-corrected chi connectivity index (χ0v) is 11.3. The predicted molar refractivity (Wildman–Crippen MR) is 72.3 cm³/mol. The third-order valence-electron chi connectivity index (χ3n) is 4.76. The van der Waals surface area contributed by atoms with Gasteiger partial charge in [0.05, 0.1) is 12.2 Å². The molecular weight excluding hydrogens is 240 g/mol. The number of hydrogen-bond acceptors (Lipinski definition) is 3. The molecular formula is C15H22N2O2. The first kappa shape index (κ1) is 12.7. The van der Waals surface area contributed by atoms with Crippen molar-refractivity contribution in [2.24, 2.45) is 23.5 Å². The zero-order chi connectivity index (χ0) is 13.4. The van der Waals surface area contributed by atoms with Gasteiger partial charge in [0, 0.05) is 18.5 Å². The van der Waals surface area contributed by atoms with Crippen molar-refractivity contribution in [3.63, 3.8) is 0 Å². The van der Waals surface area contributed by atoms with E-state index in [1.165, 1.54) is 12.8 Å². The molecule has 2 saturated carbocycles. The molecule has 2 aliphatic carbocycles. The molecule has 0 spiro atoms. The second kappa shape index (κ2) is 5.00. The van der Waals surface area contributed by atoms with Crippen molar-refractivity contribution >= 4 is 5.91 Å². The summed E-state index contributed by atoms with van der Waals surface area (Å²) in [6, 6.07) is 3.96. The lowest BCUT2D eigenvalue weighted by Crippen LogP contribution is -2.47. The van der Waals surface area contributed by atoms with E-state index in [1.807, 2.05) is 19.1 Å². The van der Waals surface area contributed by atoms with Crippen LogP contribution in [0.2, 0.25) is 0 Å². The average Bonchev–Trinajstić information content (AvgIpc) is 3.04. The van der Waals surface area contributed by atoms with Crippen LogP contribution in [-0.4, -0.2) is 18.0 Å². The molecule has 104 valence electrons. The molecule has 0 aromatic carbocycles. The third kappa shape index (κ3) is 2.41. The van der Waals surface area contributed by atoms with Crippen molar-refractivity contribution in [3.05, 3.63) is 24.2 Å². The van der Waals surface area contributed by atoms with Gasteiger partial charge in [-0.05, 0) is 50.2 Å². The first-order chi connectivity index (χ1) is 9.15. The Hall–Kier alpha value is -1.29. The Morgan fingerprint density at radius 2 is 2.32 bits per heavy atom. The number of rotatable bonds is 4. The Morgan fingerprint density at radius 3 is 2.95 bits per heavy atom. The zero-order valence-electron chi connectivity index (χ0n) is 11.3. The van der Waals surface area contributed by atoms with Gasteiger partial charge in [0.15, 0.2) is 0 Å². The second-order valence-electron chi connectivity index (χ2n) is 6.13. The lowest BCUT2D eigenvalue weighted by molar-refractivity contribution is -0.127. The van der Waals surface area contributed by atoms with Gasteiger partial charge in [-0.3, -0.25) is 4.79 Å². The molecule has 4 heteroatoms. The van der Waals surface area contributed by atoms with E-state index in [2.05, 4.69) is 5.32 Å². The van der Waals surface area contributed by atoms with Gasteiger partial charge < -0.3 is 15.5 Å². The monoisotopic (exact) mass is 262 g/mol. The summed E-state index contributed by atoms with van der Waals surface area (Å²) in [5.74, 6) is 2.15.